The molecule has 0 fully saturated rings. The minimum atomic E-state index is -0.337. The smallest absolute Gasteiger partial charge is 0.122 e. The van der Waals surface area contributed by atoms with Gasteiger partial charge in [0.25, 0.3) is 0 Å². The van der Waals surface area contributed by atoms with Gasteiger partial charge in [0.1, 0.15) is 5.75 Å². The lowest BCUT2D eigenvalue weighted by Gasteiger charge is -2.16. The molecule has 0 aromatic heterocycles. The summed E-state index contributed by atoms with van der Waals surface area (Å²) in [6.45, 7) is 4.52. The zero-order chi connectivity index (χ0) is 13.9. The van der Waals surface area contributed by atoms with Crippen molar-refractivity contribution in [3.63, 3.8) is 0 Å². The number of fused-ring (bicyclic) bond motifs is 1. The molecular weight excluding hydrogens is 238 g/mol. The third-order valence-electron chi connectivity index (χ3n) is 3.70. The number of nitriles is 1. The van der Waals surface area contributed by atoms with E-state index in [1.807, 2.05) is 32.0 Å². The third kappa shape index (κ3) is 3.27. The van der Waals surface area contributed by atoms with E-state index in [0.717, 1.165) is 42.6 Å². The molecule has 1 aliphatic rings. The molecule has 0 bridgehead atoms. The van der Waals surface area contributed by atoms with E-state index in [0.29, 0.717) is 6.61 Å². The second kappa shape index (κ2) is 5.63. The van der Waals surface area contributed by atoms with Gasteiger partial charge in [-0.1, -0.05) is 12.1 Å². The van der Waals surface area contributed by atoms with Crippen LogP contribution < -0.4 is 4.74 Å². The molecule has 0 aliphatic heterocycles. The Hall–Kier alpha value is -1.53. The number of benzene rings is 1. The van der Waals surface area contributed by atoms with E-state index < -0.39 is 0 Å². The van der Waals surface area contributed by atoms with Gasteiger partial charge in [0.2, 0.25) is 0 Å². The molecule has 0 saturated heterocycles. The molecule has 0 radical (unpaired) electrons. The van der Waals surface area contributed by atoms with Crippen molar-refractivity contribution in [2.45, 2.75) is 45.6 Å². The van der Waals surface area contributed by atoms with E-state index in [4.69, 9.17) is 10.00 Å². The van der Waals surface area contributed by atoms with Gasteiger partial charge in [-0.15, -0.1) is 0 Å². The average molecular weight is 259 g/mol. The van der Waals surface area contributed by atoms with Crippen LogP contribution in [-0.2, 0) is 6.42 Å². The van der Waals surface area contributed by atoms with E-state index in [1.54, 1.807) is 0 Å². The highest BCUT2D eigenvalue weighted by Crippen LogP contribution is 2.36. The molecule has 0 spiro atoms. The summed E-state index contributed by atoms with van der Waals surface area (Å²) >= 11 is 0. The van der Waals surface area contributed by atoms with Gasteiger partial charge < -0.3 is 9.84 Å². The summed E-state index contributed by atoms with van der Waals surface area (Å²) in [5, 5.41) is 18.8. The van der Waals surface area contributed by atoms with Crippen LogP contribution in [0.5, 0.6) is 5.75 Å². The highest BCUT2D eigenvalue weighted by atomic mass is 16.5. The summed E-state index contributed by atoms with van der Waals surface area (Å²) in [6, 6.07) is 8.17. The normalized spacial score (nSPS) is 17.9. The first kappa shape index (κ1) is 13.9. The quantitative estimate of drug-likeness (QED) is 0.825. The summed E-state index contributed by atoms with van der Waals surface area (Å²) in [7, 11) is 0. The van der Waals surface area contributed by atoms with Crippen LogP contribution in [-0.4, -0.2) is 11.7 Å². The molecule has 0 saturated carbocycles. The fraction of sp³-hybridized carbons (Fsp3) is 0.562. The van der Waals surface area contributed by atoms with Crippen LogP contribution in [0.2, 0.25) is 0 Å². The van der Waals surface area contributed by atoms with Crippen LogP contribution in [0.25, 0.3) is 0 Å². The summed E-state index contributed by atoms with van der Waals surface area (Å²) in [5.41, 5.74) is 1.88. The van der Waals surface area contributed by atoms with Crippen molar-refractivity contribution >= 4 is 0 Å². The molecule has 1 unspecified atom stereocenters. The molecule has 1 aromatic carbocycles. The molecule has 1 atom stereocenters. The maximum atomic E-state index is 9.82. The van der Waals surface area contributed by atoms with Crippen LogP contribution in [0.3, 0.4) is 0 Å². The van der Waals surface area contributed by atoms with Gasteiger partial charge in [-0.2, -0.15) is 5.26 Å². The summed E-state index contributed by atoms with van der Waals surface area (Å²) in [5.74, 6) is 0.892. The van der Waals surface area contributed by atoms with E-state index in [2.05, 4.69) is 6.07 Å². The molecule has 1 aliphatic carbocycles. The van der Waals surface area contributed by atoms with Crippen molar-refractivity contribution in [3.05, 3.63) is 29.3 Å². The van der Waals surface area contributed by atoms with Crippen molar-refractivity contribution < 1.29 is 9.84 Å². The molecule has 0 amide bonds. The van der Waals surface area contributed by atoms with Crippen LogP contribution >= 0.6 is 0 Å². The van der Waals surface area contributed by atoms with Crippen LogP contribution in [0.1, 0.15) is 50.3 Å². The molecule has 102 valence electrons. The maximum Gasteiger partial charge on any atom is 0.122 e. The Morgan fingerprint density at radius 2 is 2.26 bits per heavy atom. The van der Waals surface area contributed by atoms with Crippen molar-refractivity contribution in [2.75, 3.05) is 6.61 Å². The van der Waals surface area contributed by atoms with Gasteiger partial charge in [0.05, 0.1) is 24.2 Å². The summed E-state index contributed by atoms with van der Waals surface area (Å²) in [4.78, 5) is 0. The maximum absolute atomic E-state index is 9.82. The van der Waals surface area contributed by atoms with Crippen LogP contribution in [0.15, 0.2) is 18.2 Å². The first-order chi connectivity index (χ1) is 9.03. The Morgan fingerprint density at radius 3 is 3.00 bits per heavy atom. The number of rotatable bonds is 5. The van der Waals surface area contributed by atoms with Gasteiger partial charge >= 0.3 is 0 Å². The Balaban J connectivity index is 1.90. The lowest BCUT2D eigenvalue weighted by Crippen LogP contribution is -2.10. The third-order valence-corrected chi connectivity index (χ3v) is 3.70. The topological polar surface area (TPSA) is 53.2 Å². The van der Waals surface area contributed by atoms with Crippen molar-refractivity contribution in [1.82, 2.24) is 0 Å². The zero-order valence-electron chi connectivity index (χ0n) is 11.6. The summed E-state index contributed by atoms with van der Waals surface area (Å²) < 4.78 is 5.82. The summed E-state index contributed by atoms with van der Waals surface area (Å²) in [6.07, 6.45) is 3.04. The fourth-order valence-electron chi connectivity index (χ4n) is 2.49. The molecule has 3 nitrogen and oxygen atoms in total. The Bertz CT molecular complexity index is 488. The number of nitrogens with zero attached hydrogens (tertiary/aromatic N) is 1. The SMILES string of the molecule is CC(C)(C#N)CCCOc1cccc2c1CCC2O. The molecular formula is C16H21NO2. The fourth-order valence-corrected chi connectivity index (χ4v) is 2.49. The first-order valence-electron chi connectivity index (χ1n) is 6.87. The Labute approximate surface area is 114 Å². The predicted molar refractivity (Wildman–Crippen MR) is 73.8 cm³/mol. The van der Waals surface area contributed by atoms with Gasteiger partial charge in [0, 0.05) is 5.56 Å². The average Bonchev–Trinajstić information content (AvgIpc) is 2.78. The minimum Gasteiger partial charge on any atom is -0.493 e. The number of hydrogen-bond donors (Lipinski definition) is 1. The largest absolute Gasteiger partial charge is 0.493 e. The molecule has 2 rings (SSSR count). The van der Waals surface area contributed by atoms with Crippen molar-refractivity contribution in [2.24, 2.45) is 5.41 Å². The highest BCUT2D eigenvalue weighted by Gasteiger charge is 2.23. The molecule has 0 heterocycles. The van der Waals surface area contributed by atoms with Gasteiger partial charge in [0.15, 0.2) is 0 Å². The van der Waals surface area contributed by atoms with Gasteiger partial charge in [-0.05, 0) is 51.2 Å². The molecule has 1 aromatic rings. The minimum absolute atomic E-state index is 0.280. The van der Waals surface area contributed by atoms with Crippen LogP contribution in [0, 0.1) is 16.7 Å². The second-order valence-electron chi connectivity index (χ2n) is 5.83. The van der Waals surface area contributed by atoms with Crippen molar-refractivity contribution in [3.8, 4) is 11.8 Å². The van der Waals surface area contributed by atoms with E-state index >= 15 is 0 Å². The second-order valence-corrected chi connectivity index (χ2v) is 5.83. The highest BCUT2D eigenvalue weighted by molar-refractivity contribution is 5.44. The number of aliphatic hydroxyl groups is 1. The lowest BCUT2D eigenvalue weighted by atomic mass is 9.90. The van der Waals surface area contributed by atoms with E-state index in [-0.39, 0.29) is 11.5 Å². The Kier molecular flexibility index (Phi) is 4.11. The van der Waals surface area contributed by atoms with E-state index in [1.165, 1.54) is 0 Å². The first-order valence-corrected chi connectivity index (χ1v) is 6.87. The lowest BCUT2D eigenvalue weighted by molar-refractivity contribution is 0.180. The van der Waals surface area contributed by atoms with Crippen LogP contribution in [0.4, 0.5) is 0 Å². The molecule has 1 N–H and O–H groups in total. The monoisotopic (exact) mass is 259 g/mol. The van der Waals surface area contributed by atoms with E-state index in [9.17, 15) is 5.11 Å². The number of aliphatic hydroxyl groups excluding tert-OH is 1. The predicted octanol–water partition coefficient (Wildman–Crippen LogP) is 3.37. The standard InChI is InChI=1S/C16H21NO2/c1-16(2,11-17)9-4-10-19-15-6-3-5-12-13(15)7-8-14(12)18/h3,5-6,14,18H,4,7-10H2,1-2H3. The van der Waals surface area contributed by atoms with Gasteiger partial charge in [-0.25, -0.2) is 0 Å². The number of hydrogen-bond acceptors (Lipinski definition) is 3. The molecule has 19 heavy (non-hydrogen) atoms. The van der Waals surface area contributed by atoms with Crippen molar-refractivity contribution in [1.29, 1.82) is 5.26 Å². The zero-order valence-corrected chi connectivity index (χ0v) is 11.6. The van der Waals surface area contributed by atoms with Gasteiger partial charge in [-0.3, -0.25) is 0 Å². The number of ether oxygens (including phenoxy) is 1. The Morgan fingerprint density at radius 1 is 1.47 bits per heavy atom. The molecule has 3 heteroatoms.